The van der Waals surface area contributed by atoms with Crippen molar-refractivity contribution in [2.45, 2.75) is 40.2 Å². The number of ether oxygens (including phenoxy) is 2. The third-order valence-corrected chi connectivity index (χ3v) is 2.50. The summed E-state index contributed by atoms with van der Waals surface area (Å²) < 4.78 is 10.9. The van der Waals surface area contributed by atoms with E-state index in [9.17, 15) is 0 Å². The zero-order valence-corrected chi connectivity index (χ0v) is 13.4. The number of hydrogen-bond acceptors (Lipinski definition) is 3. The Labute approximate surface area is 118 Å². The van der Waals surface area contributed by atoms with Crippen LogP contribution in [0.3, 0.4) is 0 Å². The first-order chi connectivity index (χ1) is 8.91. The van der Waals surface area contributed by atoms with Gasteiger partial charge in [-0.05, 0) is 26.7 Å². The van der Waals surface area contributed by atoms with Gasteiger partial charge in [0, 0.05) is 26.8 Å². The molecule has 0 rings (SSSR count). The van der Waals surface area contributed by atoms with Crippen LogP contribution in [0.15, 0.2) is 4.99 Å². The Kier molecular flexibility index (Phi) is 9.61. The van der Waals surface area contributed by atoms with E-state index in [1.165, 1.54) is 0 Å². The van der Waals surface area contributed by atoms with Crippen molar-refractivity contribution in [1.29, 1.82) is 0 Å². The molecular weight excluding hydrogens is 242 g/mol. The number of guanidine groups is 1. The molecule has 0 spiro atoms. The van der Waals surface area contributed by atoms with E-state index in [4.69, 9.17) is 9.47 Å². The average Bonchev–Trinajstić information content (AvgIpc) is 2.35. The quantitative estimate of drug-likeness (QED) is 0.381. The average molecular weight is 273 g/mol. The Hall–Kier alpha value is -0.810. The Morgan fingerprint density at radius 2 is 1.95 bits per heavy atom. The van der Waals surface area contributed by atoms with Crippen LogP contribution in [0, 0.1) is 5.92 Å². The lowest BCUT2D eigenvalue weighted by molar-refractivity contribution is 0.0310. The molecule has 0 saturated carbocycles. The van der Waals surface area contributed by atoms with Gasteiger partial charge in [0.2, 0.25) is 0 Å². The number of nitrogens with one attached hydrogen (secondary N) is 2. The van der Waals surface area contributed by atoms with Gasteiger partial charge in [-0.2, -0.15) is 0 Å². The molecule has 0 aliphatic carbocycles. The summed E-state index contributed by atoms with van der Waals surface area (Å²) in [7, 11) is 1.70. The first kappa shape index (κ1) is 18.2. The van der Waals surface area contributed by atoms with Crippen LogP contribution in [0.25, 0.3) is 0 Å². The lowest BCUT2D eigenvalue weighted by Gasteiger charge is -2.21. The molecule has 5 heteroatoms. The Balaban J connectivity index is 4.01. The van der Waals surface area contributed by atoms with Crippen LogP contribution in [0.1, 0.15) is 34.6 Å². The van der Waals surface area contributed by atoms with Crippen LogP contribution in [0.2, 0.25) is 0 Å². The first-order valence-corrected chi connectivity index (χ1v) is 7.06. The standard InChI is InChI=1S/C14H31N3O2/c1-7-15-13(17-11-14(4,5)18-6)16-8-9-19-10-12(2)3/h12H,7-11H2,1-6H3,(H2,15,16,17). The normalized spacial score (nSPS) is 12.9. The highest BCUT2D eigenvalue weighted by molar-refractivity contribution is 5.79. The summed E-state index contributed by atoms with van der Waals surface area (Å²) in [5.41, 5.74) is -0.240. The van der Waals surface area contributed by atoms with E-state index in [-0.39, 0.29) is 5.60 Å². The van der Waals surface area contributed by atoms with Crippen molar-refractivity contribution in [3.8, 4) is 0 Å². The molecule has 0 atom stereocenters. The maximum Gasteiger partial charge on any atom is 0.191 e. The van der Waals surface area contributed by atoms with Crippen LogP contribution in [-0.2, 0) is 9.47 Å². The molecule has 19 heavy (non-hydrogen) atoms. The van der Waals surface area contributed by atoms with Gasteiger partial charge in [-0.15, -0.1) is 0 Å². The second-order valence-electron chi connectivity index (χ2n) is 5.55. The summed E-state index contributed by atoms with van der Waals surface area (Å²) >= 11 is 0. The second kappa shape index (κ2) is 10.0. The van der Waals surface area contributed by atoms with Crippen LogP contribution in [0.5, 0.6) is 0 Å². The summed E-state index contributed by atoms with van der Waals surface area (Å²) in [6, 6.07) is 0. The predicted octanol–water partition coefficient (Wildman–Crippen LogP) is 1.64. The second-order valence-corrected chi connectivity index (χ2v) is 5.55. The minimum Gasteiger partial charge on any atom is -0.379 e. The molecule has 0 aromatic rings. The van der Waals surface area contributed by atoms with E-state index in [1.807, 2.05) is 20.8 Å². The minimum atomic E-state index is -0.240. The molecule has 0 aliphatic rings. The maximum atomic E-state index is 5.52. The molecule has 0 heterocycles. The Bertz CT molecular complexity index is 253. The van der Waals surface area contributed by atoms with Gasteiger partial charge in [-0.3, -0.25) is 4.99 Å². The summed E-state index contributed by atoms with van der Waals surface area (Å²) in [4.78, 5) is 4.50. The van der Waals surface area contributed by atoms with Gasteiger partial charge in [0.05, 0.1) is 18.8 Å². The van der Waals surface area contributed by atoms with Gasteiger partial charge in [-0.25, -0.2) is 0 Å². The van der Waals surface area contributed by atoms with Crippen molar-refractivity contribution in [2.75, 3.05) is 40.0 Å². The number of nitrogens with zero attached hydrogens (tertiary/aromatic N) is 1. The fourth-order valence-electron chi connectivity index (χ4n) is 1.24. The van der Waals surface area contributed by atoms with Gasteiger partial charge < -0.3 is 20.1 Å². The molecule has 0 aliphatic heterocycles. The highest BCUT2D eigenvalue weighted by atomic mass is 16.5. The third-order valence-electron chi connectivity index (χ3n) is 2.50. The van der Waals surface area contributed by atoms with Crippen LogP contribution in [0.4, 0.5) is 0 Å². The van der Waals surface area contributed by atoms with E-state index in [2.05, 4.69) is 29.5 Å². The van der Waals surface area contributed by atoms with Crippen LogP contribution in [-0.4, -0.2) is 51.5 Å². The summed E-state index contributed by atoms with van der Waals surface area (Å²) in [6.07, 6.45) is 0. The molecule has 114 valence electrons. The summed E-state index contributed by atoms with van der Waals surface area (Å²) in [5.74, 6) is 1.38. The lowest BCUT2D eigenvalue weighted by Crippen LogP contribution is -2.40. The summed E-state index contributed by atoms with van der Waals surface area (Å²) in [6.45, 7) is 14.1. The SMILES string of the molecule is CCNC(=NCC(C)(C)OC)NCCOCC(C)C. The van der Waals surface area contributed by atoms with Crippen LogP contribution < -0.4 is 10.6 Å². The number of rotatable bonds is 9. The van der Waals surface area contributed by atoms with Gasteiger partial charge in [0.25, 0.3) is 0 Å². The minimum absolute atomic E-state index is 0.240. The highest BCUT2D eigenvalue weighted by Gasteiger charge is 2.15. The lowest BCUT2D eigenvalue weighted by atomic mass is 10.1. The van der Waals surface area contributed by atoms with E-state index in [0.717, 1.165) is 25.7 Å². The van der Waals surface area contributed by atoms with Crippen molar-refractivity contribution in [2.24, 2.45) is 10.9 Å². The maximum absolute atomic E-state index is 5.52. The fourth-order valence-corrected chi connectivity index (χ4v) is 1.24. The van der Waals surface area contributed by atoms with Gasteiger partial charge >= 0.3 is 0 Å². The molecule has 2 N–H and O–H groups in total. The van der Waals surface area contributed by atoms with E-state index in [1.54, 1.807) is 7.11 Å². The van der Waals surface area contributed by atoms with Crippen molar-refractivity contribution >= 4 is 5.96 Å². The molecular formula is C14H31N3O2. The van der Waals surface area contributed by atoms with Crippen molar-refractivity contribution < 1.29 is 9.47 Å². The highest BCUT2D eigenvalue weighted by Crippen LogP contribution is 2.06. The van der Waals surface area contributed by atoms with Gasteiger partial charge in [0.15, 0.2) is 5.96 Å². The smallest absolute Gasteiger partial charge is 0.191 e. The largest absolute Gasteiger partial charge is 0.379 e. The number of hydrogen-bond donors (Lipinski definition) is 2. The Morgan fingerprint density at radius 1 is 1.26 bits per heavy atom. The summed E-state index contributed by atoms with van der Waals surface area (Å²) in [5, 5.41) is 6.46. The molecule has 0 saturated heterocycles. The van der Waals surface area contributed by atoms with E-state index >= 15 is 0 Å². The van der Waals surface area contributed by atoms with E-state index in [0.29, 0.717) is 19.1 Å². The molecule has 0 fully saturated rings. The van der Waals surface area contributed by atoms with Crippen LogP contribution >= 0.6 is 0 Å². The molecule has 0 aromatic heterocycles. The zero-order valence-electron chi connectivity index (χ0n) is 13.4. The topological polar surface area (TPSA) is 54.9 Å². The molecule has 5 nitrogen and oxygen atoms in total. The molecule has 0 unspecified atom stereocenters. The molecule has 0 aromatic carbocycles. The molecule has 0 bridgehead atoms. The van der Waals surface area contributed by atoms with Crippen molar-refractivity contribution in [3.05, 3.63) is 0 Å². The van der Waals surface area contributed by atoms with Gasteiger partial charge in [0.1, 0.15) is 0 Å². The third kappa shape index (κ3) is 10.8. The molecule has 0 radical (unpaired) electrons. The van der Waals surface area contributed by atoms with Gasteiger partial charge in [-0.1, -0.05) is 13.8 Å². The Morgan fingerprint density at radius 3 is 2.47 bits per heavy atom. The number of aliphatic imine (C=N–C) groups is 1. The monoisotopic (exact) mass is 273 g/mol. The zero-order chi connectivity index (χ0) is 14.7. The predicted molar refractivity (Wildman–Crippen MR) is 80.7 cm³/mol. The fraction of sp³-hybridized carbons (Fsp3) is 0.929. The number of methoxy groups -OCH3 is 1. The van der Waals surface area contributed by atoms with E-state index < -0.39 is 0 Å². The van der Waals surface area contributed by atoms with Crippen molar-refractivity contribution in [1.82, 2.24) is 10.6 Å². The first-order valence-electron chi connectivity index (χ1n) is 7.06. The molecule has 0 amide bonds. The van der Waals surface area contributed by atoms with Crippen molar-refractivity contribution in [3.63, 3.8) is 0 Å².